The van der Waals surface area contributed by atoms with Crippen molar-refractivity contribution in [2.24, 2.45) is 5.41 Å². The van der Waals surface area contributed by atoms with Crippen LogP contribution in [0.15, 0.2) is 30.3 Å². The second kappa shape index (κ2) is 3.75. The molecule has 19 heavy (non-hydrogen) atoms. The summed E-state index contributed by atoms with van der Waals surface area (Å²) >= 11 is 0. The van der Waals surface area contributed by atoms with Gasteiger partial charge in [-0.2, -0.15) is 0 Å². The van der Waals surface area contributed by atoms with Crippen molar-refractivity contribution in [3.8, 4) is 5.75 Å². The summed E-state index contributed by atoms with van der Waals surface area (Å²) in [6, 6.07) is 10.4. The number of phenols is 1. The van der Waals surface area contributed by atoms with Gasteiger partial charge in [0.1, 0.15) is 5.75 Å². The standard InChI is InChI=1S/C18H20O/c1-18-9-2-3-17(18)15-7-5-12-4-6-13(19)11-16(12)14(15)8-10-18/h4-7,11,17,19H,2-3,8-10H2,1H3/t17?,18-/m0/s1. The van der Waals surface area contributed by atoms with Crippen molar-refractivity contribution in [1.29, 1.82) is 0 Å². The normalized spacial score (nSPS) is 29.2. The molecule has 4 rings (SSSR count). The zero-order chi connectivity index (χ0) is 13.0. The van der Waals surface area contributed by atoms with Gasteiger partial charge in [0.05, 0.1) is 0 Å². The zero-order valence-electron chi connectivity index (χ0n) is 11.4. The van der Waals surface area contributed by atoms with Gasteiger partial charge in [-0.15, -0.1) is 0 Å². The zero-order valence-corrected chi connectivity index (χ0v) is 11.4. The topological polar surface area (TPSA) is 20.2 Å². The van der Waals surface area contributed by atoms with Crippen LogP contribution in [0.4, 0.5) is 0 Å². The highest BCUT2D eigenvalue weighted by molar-refractivity contribution is 5.88. The third kappa shape index (κ3) is 1.54. The first kappa shape index (κ1) is 11.3. The fraction of sp³-hybridized carbons (Fsp3) is 0.444. The van der Waals surface area contributed by atoms with Crippen LogP contribution in [0.5, 0.6) is 5.75 Å². The van der Waals surface area contributed by atoms with E-state index in [4.69, 9.17) is 0 Å². The van der Waals surface area contributed by atoms with Gasteiger partial charge < -0.3 is 5.11 Å². The van der Waals surface area contributed by atoms with Crippen LogP contribution < -0.4 is 0 Å². The first-order chi connectivity index (χ1) is 9.17. The molecule has 2 aliphatic carbocycles. The van der Waals surface area contributed by atoms with E-state index in [0.29, 0.717) is 11.2 Å². The summed E-state index contributed by atoms with van der Waals surface area (Å²) in [6.45, 7) is 2.47. The van der Waals surface area contributed by atoms with Crippen LogP contribution in [-0.4, -0.2) is 5.11 Å². The molecule has 0 saturated heterocycles. The molecule has 0 heterocycles. The molecule has 0 aromatic heterocycles. The van der Waals surface area contributed by atoms with Crippen LogP contribution in [0.1, 0.15) is 49.7 Å². The van der Waals surface area contributed by atoms with Crippen molar-refractivity contribution in [3.63, 3.8) is 0 Å². The van der Waals surface area contributed by atoms with Gasteiger partial charge >= 0.3 is 0 Å². The molecule has 1 N–H and O–H groups in total. The molecule has 98 valence electrons. The number of rotatable bonds is 0. The fourth-order valence-corrected chi connectivity index (χ4v) is 4.47. The number of aromatic hydroxyl groups is 1. The highest BCUT2D eigenvalue weighted by Gasteiger charge is 2.42. The minimum Gasteiger partial charge on any atom is -0.508 e. The molecule has 2 atom stereocenters. The maximum atomic E-state index is 9.77. The Bertz CT molecular complexity index is 658. The average molecular weight is 252 g/mol. The molecule has 1 nitrogen and oxygen atoms in total. The number of aryl methyl sites for hydroxylation is 1. The summed E-state index contributed by atoms with van der Waals surface area (Å²) in [5, 5.41) is 12.3. The summed E-state index contributed by atoms with van der Waals surface area (Å²) in [5.41, 5.74) is 3.58. The minimum absolute atomic E-state index is 0.389. The van der Waals surface area contributed by atoms with Gasteiger partial charge in [-0.1, -0.05) is 31.5 Å². The van der Waals surface area contributed by atoms with E-state index >= 15 is 0 Å². The van der Waals surface area contributed by atoms with Gasteiger partial charge in [0, 0.05) is 0 Å². The lowest BCUT2D eigenvalue weighted by atomic mass is 9.66. The molecular weight excluding hydrogens is 232 g/mol. The van der Waals surface area contributed by atoms with Crippen molar-refractivity contribution in [2.45, 2.75) is 44.9 Å². The van der Waals surface area contributed by atoms with Crippen LogP contribution in [0, 0.1) is 5.41 Å². The summed E-state index contributed by atoms with van der Waals surface area (Å²) in [5.74, 6) is 1.13. The smallest absolute Gasteiger partial charge is 0.116 e. The van der Waals surface area contributed by atoms with Gasteiger partial charge in [0.25, 0.3) is 0 Å². The largest absolute Gasteiger partial charge is 0.508 e. The van der Waals surface area contributed by atoms with E-state index in [-0.39, 0.29) is 0 Å². The van der Waals surface area contributed by atoms with E-state index in [1.165, 1.54) is 48.4 Å². The van der Waals surface area contributed by atoms with Crippen LogP contribution in [0.2, 0.25) is 0 Å². The lowest BCUT2D eigenvalue weighted by molar-refractivity contribution is 0.253. The van der Waals surface area contributed by atoms with Gasteiger partial charge in [0.15, 0.2) is 0 Å². The van der Waals surface area contributed by atoms with E-state index in [2.05, 4.69) is 19.1 Å². The molecule has 1 unspecified atom stereocenters. The third-order valence-electron chi connectivity index (χ3n) is 5.56. The van der Waals surface area contributed by atoms with Crippen molar-refractivity contribution >= 4 is 10.8 Å². The van der Waals surface area contributed by atoms with Crippen molar-refractivity contribution < 1.29 is 5.11 Å². The second-order valence-corrected chi connectivity index (χ2v) is 6.64. The van der Waals surface area contributed by atoms with Crippen LogP contribution >= 0.6 is 0 Å². The average Bonchev–Trinajstić information content (AvgIpc) is 2.80. The molecule has 1 saturated carbocycles. The van der Waals surface area contributed by atoms with Gasteiger partial charge in [-0.05, 0) is 71.0 Å². The molecule has 1 fully saturated rings. The summed E-state index contributed by atoms with van der Waals surface area (Å²) in [4.78, 5) is 0. The molecule has 0 aliphatic heterocycles. The Kier molecular flexibility index (Phi) is 2.24. The number of benzene rings is 2. The molecule has 0 amide bonds. The van der Waals surface area contributed by atoms with Gasteiger partial charge in [-0.3, -0.25) is 0 Å². The molecular formula is C18H20O. The lowest BCUT2D eigenvalue weighted by Crippen LogP contribution is -2.26. The Hall–Kier alpha value is -1.50. The number of phenolic OH excluding ortho intramolecular Hbond substituents is 1. The monoisotopic (exact) mass is 252 g/mol. The van der Waals surface area contributed by atoms with E-state index in [0.717, 1.165) is 5.92 Å². The van der Waals surface area contributed by atoms with Crippen LogP contribution in [0.25, 0.3) is 10.8 Å². The predicted octanol–water partition coefficient (Wildman–Crippen LogP) is 4.77. The highest BCUT2D eigenvalue weighted by Crippen LogP contribution is 2.56. The quantitative estimate of drug-likeness (QED) is 0.716. The molecule has 0 bridgehead atoms. The van der Waals surface area contributed by atoms with E-state index in [9.17, 15) is 5.11 Å². The fourth-order valence-electron chi connectivity index (χ4n) is 4.47. The highest BCUT2D eigenvalue weighted by atomic mass is 16.3. The Morgan fingerprint density at radius 2 is 2.00 bits per heavy atom. The molecule has 1 heteroatoms. The van der Waals surface area contributed by atoms with E-state index in [1.54, 1.807) is 11.6 Å². The van der Waals surface area contributed by atoms with Gasteiger partial charge in [-0.25, -0.2) is 0 Å². The van der Waals surface area contributed by atoms with Crippen molar-refractivity contribution in [2.75, 3.05) is 0 Å². The van der Waals surface area contributed by atoms with Gasteiger partial charge in [0.2, 0.25) is 0 Å². The Morgan fingerprint density at radius 1 is 1.16 bits per heavy atom. The van der Waals surface area contributed by atoms with E-state index in [1.807, 2.05) is 12.1 Å². The number of fused-ring (bicyclic) bond motifs is 5. The predicted molar refractivity (Wildman–Crippen MR) is 78.6 cm³/mol. The maximum absolute atomic E-state index is 9.77. The second-order valence-electron chi connectivity index (χ2n) is 6.64. The third-order valence-corrected chi connectivity index (χ3v) is 5.56. The minimum atomic E-state index is 0.389. The van der Waals surface area contributed by atoms with Crippen molar-refractivity contribution in [1.82, 2.24) is 0 Å². The van der Waals surface area contributed by atoms with Crippen LogP contribution in [0.3, 0.4) is 0 Å². The Morgan fingerprint density at radius 3 is 2.89 bits per heavy atom. The first-order valence-corrected chi connectivity index (χ1v) is 7.42. The first-order valence-electron chi connectivity index (χ1n) is 7.42. The summed E-state index contributed by atoms with van der Waals surface area (Å²) in [7, 11) is 0. The van der Waals surface area contributed by atoms with Crippen molar-refractivity contribution in [3.05, 3.63) is 41.5 Å². The molecule has 0 radical (unpaired) electrons. The molecule has 0 spiro atoms. The Labute approximate surface area is 114 Å². The van der Waals surface area contributed by atoms with Crippen LogP contribution in [-0.2, 0) is 6.42 Å². The Balaban J connectivity index is 1.97. The molecule has 2 aromatic carbocycles. The summed E-state index contributed by atoms with van der Waals surface area (Å²) < 4.78 is 0. The maximum Gasteiger partial charge on any atom is 0.116 e. The number of hydrogen-bond donors (Lipinski definition) is 1. The molecule has 2 aromatic rings. The summed E-state index contributed by atoms with van der Waals surface area (Å²) in [6.07, 6.45) is 6.57. The lowest BCUT2D eigenvalue weighted by Gasteiger charge is -2.38. The number of hydrogen-bond acceptors (Lipinski definition) is 1. The van der Waals surface area contributed by atoms with E-state index < -0.39 is 0 Å². The molecule has 2 aliphatic rings. The SMILES string of the molecule is C[C@@]12CCCC1c1ccc3ccc(O)cc3c1CC2.